The maximum absolute atomic E-state index is 12.0. The van der Waals surface area contributed by atoms with Gasteiger partial charge in [-0.15, -0.1) is 0 Å². The first-order valence-electron chi connectivity index (χ1n) is 6.64. The average molecular weight is 266 g/mol. The second-order valence-electron chi connectivity index (χ2n) is 5.83. The number of carbonyl (C=O) groups excluding carboxylic acids is 1. The summed E-state index contributed by atoms with van der Waals surface area (Å²) in [6, 6.07) is 0. The highest BCUT2D eigenvalue weighted by Gasteiger charge is 2.37. The van der Waals surface area contributed by atoms with Crippen LogP contribution in [0.4, 0.5) is 0 Å². The Hall–Kier alpha value is -1.43. The molecule has 2 heterocycles. The summed E-state index contributed by atoms with van der Waals surface area (Å²) in [7, 11) is 3.82. The van der Waals surface area contributed by atoms with E-state index in [-0.39, 0.29) is 11.3 Å². The Morgan fingerprint density at radius 3 is 2.53 bits per heavy atom. The Balaban J connectivity index is 1.97. The van der Waals surface area contributed by atoms with Crippen molar-refractivity contribution in [1.82, 2.24) is 19.9 Å². The summed E-state index contributed by atoms with van der Waals surface area (Å²) in [4.78, 5) is 20.1. The maximum Gasteiger partial charge on any atom is 0.236 e. The number of likely N-dealkylation sites (tertiary alicyclic amines) is 1. The van der Waals surface area contributed by atoms with Gasteiger partial charge in [0.05, 0.1) is 12.0 Å². The quantitative estimate of drug-likeness (QED) is 0.810. The van der Waals surface area contributed by atoms with Gasteiger partial charge in [-0.3, -0.25) is 4.79 Å². The molecule has 1 amide bonds. The third kappa shape index (κ3) is 3.12. The Morgan fingerprint density at radius 1 is 1.42 bits per heavy atom. The Morgan fingerprint density at radius 2 is 2.05 bits per heavy atom. The average Bonchev–Trinajstić information content (AvgIpc) is 2.76. The van der Waals surface area contributed by atoms with E-state index in [4.69, 9.17) is 4.52 Å². The molecule has 106 valence electrons. The lowest BCUT2D eigenvalue weighted by Gasteiger charge is -2.37. The van der Waals surface area contributed by atoms with Crippen LogP contribution in [0.2, 0.25) is 0 Å². The van der Waals surface area contributed by atoms with Gasteiger partial charge in [0.25, 0.3) is 0 Å². The van der Waals surface area contributed by atoms with Gasteiger partial charge in [-0.1, -0.05) is 12.1 Å². The molecule has 1 aromatic heterocycles. The fraction of sp³-hybridized carbons (Fsp3) is 0.769. The first-order chi connectivity index (χ1) is 8.90. The first-order valence-corrected chi connectivity index (χ1v) is 6.64. The van der Waals surface area contributed by atoms with Gasteiger partial charge >= 0.3 is 0 Å². The van der Waals surface area contributed by atoms with E-state index in [0.29, 0.717) is 18.3 Å². The smallest absolute Gasteiger partial charge is 0.236 e. The number of hydrogen-bond donors (Lipinski definition) is 0. The topological polar surface area (TPSA) is 62.5 Å². The van der Waals surface area contributed by atoms with Crippen LogP contribution < -0.4 is 0 Å². The number of amides is 1. The van der Waals surface area contributed by atoms with Crippen LogP contribution in [-0.4, -0.2) is 59.6 Å². The second kappa shape index (κ2) is 5.28. The molecule has 1 fully saturated rings. The van der Waals surface area contributed by atoms with Crippen LogP contribution in [0.25, 0.3) is 0 Å². The minimum absolute atomic E-state index is 0.101. The van der Waals surface area contributed by atoms with Gasteiger partial charge < -0.3 is 14.3 Å². The maximum atomic E-state index is 12.0. The van der Waals surface area contributed by atoms with E-state index >= 15 is 0 Å². The predicted molar refractivity (Wildman–Crippen MR) is 70.8 cm³/mol. The zero-order valence-electron chi connectivity index (χ0n) is 12.1. The molecule has 0 unspecified atom stereocenters. The number of rotatable bonds is 3. The Kier molecular flexibility index (Phi) is 3.89. The Labute approximate surface area is 113 Å². The molecule has 1 saturated heterocycles. The second-order valence-corrected chi connectivity index (χ2v) is 5.83. The van der Waals surface area contributed by atoms with Crippen molar-refractivity contribution in [2.75, 3.05) is 33.7 Å². The van der Waals surface area contributed by atoms with Crippen LogP contribution in [0.1, 0.15) is 31.5 Å². The van der Waals surface area contributed by atoms with Crippen molar-refractivity contribution >= 4 is 5.91 Å². The number of aromatic nitrogens is 2. The summed E-state index contributed by atoms with van der Waals surface area (Å²) < 4.78 is 5.29. The monoisotopic (exact) mass is 266 g/mol. The third-order valence-corrected chi connectivity index (χ3v) is 3.72. The number of hydrogen-bond acceptors (Lipinski definition) is 5. The lowest BCUT2D eigenvalue weighted by molar-refractivity contribution is -0.133. The van der Waals surface area contributed by atoms with E-state index < -0.39 is 0 Å². The summed E-state index contributed by atoms with van der Waals surface area (Å²) in [6.07, 6.45) is 1.74. The van der Waals surface area contributed by atoms with Crippen molar-refractivity contribution in [1.29, 1.82) is 0 Å². The first kappa shape index (κ1) is 14.0. The minimum Gasteiger partial charge on any atom is -0.342 e. The molecule has 0 aliphatic carbocycles. The minimum atomic E-state index is -0.101. The molecule has 1 aliphatic heterocycles. The van der Waals surface area contributed by atoms with Gasteiger partial charge in [0, 0.05) is 13.1 Å². The Bertz CT molecular complexity index is 447. The highest BCUT2D eigenvalue weighted by Crippen LogP contribution is 2.33. The number of carbonyl (C=O) groups is 1. The van der Waals surface area contributed by atoms with Crippen molar-refractivity contribution in [2.45, 2.75) is 32.1 Å². The van der Waals surface area contributed by atoms with E-state index in [1.165, 1.54) is 0 Å². The van der Waals surface area contributed by atoms with E-state index in [9.17, 15) is 4.79 Å². The van der Waals surface area contributed by atoms with Gasteiger partial charge in [0.1, 0.15) is 0 Å². The van der Waals surface area contributed by atoms with E-state index in [2.05, 4.69) is 17.1 Å². The predicted octanol–water partition coefficient (Wildman–Crippen LogP) is 0.820. The van der Waals surface area contributed by atoms with Crippen LogP contribution in [0.3, 0.4) is 0 Å². The van der Waals surface area contributed by atoms with Crippen molar-refractivity contribution in [3.8, 4) is 0 Å². The molecule has 0 spiro atoms. The largest absolute Gasteiger partial charge is 0.342 e. The summed E-state index contributed by atoms with van der Waals surface area (Å²) in [5.74, 6) is 1.56. The molecule has 0 bridgehead atoms. The van der Waals surface area contributed by atoms with Gasteiger partial charge in [-0.2, -0.15) is 4.98 Å². The molecule has 0 aromatic carbocycles. The number of likely N-dealkylation sites (N-methyl/N-ethyl adjacent to an activating group) is 1. The molecule has 6 nitrogen and oxygen atoms in total. The highest BCUT2D eigenvalue weighted by atomic mass is 16.5. The van der Waals surface area contributed by atoms with Gasteiger partial charge in [0.2, 0.25) is 11.8 Å². The van der Waals surface area contributed by atoms with Crippen molar-refractivity contribution < 1.29 is 9.32 Å². The van der Waals surface area contributed by atoms with Crippen LogP contribution in [0.5, 0.6) is 0 Å². The normalized spacial score (nSPS) is 18.9. The lowest BCUT2D eigenvalue weighted by Crippen LogP contribution is -2.46. The van der Waals surface area contributed by atoms with Crippen LogP contribution in [0.15, 0.2) is 4.52 Å². The number of nitrogens with zero attached hydrogens (tertiary/aromatic N) is 4. The zero-order chi connectivity index (χ0) is 14.0. The van der Waals surface area contributed by atoms with E-state index in [1.807, 2.05) is 30.8 Å². The fourth-order valence-electron chi connectivity index (χ4n) is 2.38. The van der Waals surface area contributed by atoms with Crippen LogP contribution in [-0.2, 0) is 10.2 Å². The molecule has 2 rings (SSSR count). The molecule has 6 heteroatoms. The van der Waals surface area contributed by atoms with E-state index in [0.717, 1.165) is 25.9 Å². The van der Waals surface area contributed by atoms with Crippen molar-refractivity contribution in [3.05, 3.63) is 11.7 Å². The molecule has 1 aliphatic rings. The molecule has 1 aromatic rings. The fourth-order valence-corrected chi connectivity index (χ4v) is 2.38. The number of aryl methyl sites for hydroxylation is 1. The van der Waals surface area contributed by atoms with Crippen molar-refractivity contribution in [2.24, 2.45) is 0 Å². The van der Waals surface area contributed by atoms with Crippen LogP contribution in [0, 0.1) is 6.92 Å². The summed E-state index contributed by atoms with van der Waals surface area (Å²) >= 11 is 0. The zero-order valence-corrected chi connectivity index (χ0v) is 12.1. The SMILES string of the molecule is Cc1noc(C2(C)CCN(C(=O)CN(C)C)CC2)n1. The van der Waals surface area contributed by atoms with Gasteiger partial charge in [-0.25, -0.2) is 0 Å². The van der Waals surface area contributed by atoms with Crippen LogP contribution >= 0.6 is 0 Å². The molecule has 0 N–H and O–H groups in total. The number of piperidine rings is 1. The molecule has 0 atom stereocenters. The standard InChI is InChI=1S/C13H22N4O2/c1-10-14-12(19-15-10)13(2)5-7-17(8-6-13)11(18)9-16(3)4/h5-9H2,1-4H3. The lowest BCUT2D eigenvalue weighted by atomic mass is 9.80. The van der Waals surface area contributed by atoms with Gasteiger partial charge in [-0.05, 0) is 33.9 Å². The molecule has 19 heavy (non-hydrogen) atoms. The molecule has 0 radical (unpaired) electrons. The third-order valence-electron chi connectivity index (χ3n) is 3.72. The molecule has 0 saturated carbocycles. The van der Waals surface area contributed by atoms with Crippen molar-refractivity contribution in [3.63, 3.8) is 0 Å². The molecular formula is C13H22N4O2. The van der Waals surface area contributed by atoms with Gasteiger partial charge in [0.15, 0.2) is 5.82 Å². The summed E-state index contributed by atoms with van der Waals surface area (Å²) in [6.45, 7) is 5.94. The highest BCUT2D eigenvalue weighted by molar-refractivity contribution is 5.78. The molecular weight excluding hydrogens is 244 g/mol. The summed E-state index contributed by atoms with van der Waals surface area (Å²) in [5, 5.41) is 3.86. The summed E-state index contributed by atoms with van der Waals surface area (Å²) in [5.41, 5.74) is -0.101. The van der Waals surface area contributed by atoms with E-state index in [1.54, 1.807) is 0 Å².